The molecule has 0 aliphatic rings. The van der Waals surface area contributed by atoms with Crippen LogP contribution in [-0.4, -0.2) is 51.6 Å². The van der Waals surface area contributed by atoms with Crippen molar-refractivity contribution in [2.24, 2.45) is 0 Å². The molecular formula is C30H29N3O6. The molecule has 3 aromatic carbocycles. The number of carbonyl (C=O) groups is 2. The molecule has 0 bridgehead atoms. The molecule has 1 heterocycles. The van der Waals surface area contributed by atoms with E-state index in [-0.39, 0.29) is 6.54 Å². The molecule has 1 aromatic heterocycles. The van der Waals surface area contributed by atoms with Gasteiger partial charge in [0.2, 0.25) is 5.91 Å². The molecule has 200 valence electrons. The van der Waals surface area contributed by atoms with Crippen LogP contribution < -0.4 is 16.0 Å². The Bertz CT molecular complexity index is 1490. The number of hydrogen-bond donors (Lipinski definition) is 2. The monoisotopic (exact) mass is 527 g/mol. The molecule has 0 radical (unpaired) electrons. The number of carboxylic acid groups (broad SMARTS) is 1. The second-order valence-corrected chi connectivity index (χ2v) is 9.06. The first-order chi connectivity index (χ1) is 18.8. The van der Waals surface area contributed by atoms with Crippen molar-refractivity contribution in [1.29, 1.82) is 0 Å². The van der Waals surface area contributed by atoms with Crippen molar-refractivity contribution in [2.45, 2.75) is 18.4 Å². The van der Waals surface area contributed by atoms with Crippen molar-refractivity contribution in [2.75, 3.05) is 20.2 Å². The Balaban J connectivity index is 1.77. The van der Waals surface area contributed by atoms with Crippen LogP contribution in [0, 0.1) is 0 Å². The molecular weight excluding hydrogens is 498 g/mol. The topological polar surface area (TPSA) is 122 Å². The fraction of sp³-hybridized carbons (Fsp3) is 0.200. The summed E-state index contributed by atoms with van der Waals surface area (Å²) in [5.41, 5.74) is 0.830. The quantitative estimate of drug-likeness (QED) is 0.289. The highest BCUT2D eigenvalue weighted by Gasteiger charge is 2.37. The molecule has 9 heteroatoms. The number of aromatic amines is 1. The number of carboxylic acids is 1. The number of aliphatic carboxylic acids is 1. The number of amides is 1. The minimum atomic E-state index is -1.17. The molecule has 9 nitrogen and oxygen atoms in total. The largest absolute Gasteiger partial charge is 0.497 e. The number of nitrogens with one attached hydrogen (secondary N) is 1. The highest BCUT2D eigenvalue weighted by molar-refractivity contribution is 5.81. The zero-order valence-electron chi connectivity index (χ0n) is 21.4. The van der Waals surface area contributed by atoms with E-state index in [4.69, 9.17) is 4.74 Å². The van der Waals surface area contributed by atoms with Crippen LogP contribution in [0.15, 0.2) is 107 Å². The Morgan fingerprint density at radius 1 is 0.872 bits per heavy atom. The van der Waals surface area contributed by atoms with E-state index in [0.29, 0.717) is 12.2 Å². The minimum Gasteiger partial charge on any atom is -0.497 e. The van der Waals surface area contributed by atoms with E-state index in [0.717, 1.165) is 27.3 Å². The van der Waals surface area contributed by atoms with E-state index in [1.165, 1.54) is 11.1 Å². The van der Waals surface area contributed by atoms with Crippen molar-refractivity contribution in [3.63, 3.8) is 0 Å². The summed E-state index contributed by atoms with van der Waals surface area (Å²) in [6.07, 6.45) is 1.57. The van der Waals surface area contributed by atoms with Crippen molar-refractivity contribution < 1.29 is 19.4 Å². The summed E-state index contributed by atoms with van der Waals surface area (Å²) in [4.78, 5) is 52.0. The van der Waals surface area contributed by atoms with E-state index in [1.54, 1.807) is 7.11 Å². The maximum atomic E-state index is 13.3. The van der Waals surface area contributed by atoms with Crippen LogP contribution in [-0.2, 0) is 21.5 Å². The SMILES string of the molecule is COc1ccc(C(CCN(CC(=O)O)C(=O)Cn2ccc(=O)[nH]c2=O)(c2ccccc2)c2ccccc2)cc1. The third kappa shape index (κ3) is 6.15. The molecule has 2 N–H and O–H groups in total. The standard InChI is InChI=1S/C30H29N3O6/c1-39-25-14-12-24(13-15-25)30(22-8-4-2-5-9-22,23-10-6-3-7-11-23)17-19-32(21-28(36)37)27(35)20-33-18-16-26(34)31-29(33)38/h2-16,18H,17,19-21H2,1H3,(H,36,37)(H,31,34,38). The molecule has 4 aromatic rings. The second kappa shape index (κ2) is 12.1. The van der Waals surface area contributed by atoms with Gasteiger partial charge in [-0.2, -0.15) is 0 Å². The van der Waals surface area contributed by atoms with Gasteiger partial charge in [-0.15, -0.1) is 0 Å². The van der Waals surface area contributed by atoms with Crippen LogP contribution >= 0.6 is 0 Å². The first kappa shape index (κ1) is 27.1. The van der Waals surface area contributed by atoms with Crippen LogP contribution in [0.2, 0.25) is 0 Å². The van der Waals surface area contributed by atoms with Gasteiger partial charge in [-0.3, -0.25) is 23.9 Å². The molecule has 4 rings (SSSR count). The Kier molecular flexibility index (Phi) is 8.40. The van der Waals surface area contributed by atoms with E-state index >= 15 is 0 Å². The summed E-state index contributed by atoms with van der Waals surface area (Å²) in [6, 6.07) is 28.5. The molecule has 0 unspecified atom stereocenters. The Labute approximate surface area is 224 Å². The van der Waals surface area contributed by atoms with Gasteiger partial charge in [0.1, 0.15) is 18.8 Å². The third-order valence-corrected chi connectivity index (χ3v) is 6.75. The van der Waals surface area contributed by atoms with Gasteiger partial charge in [-0.05, 0) is 35.2 Å². The lowest BCUT2D eigenvalue weighted by Gasteiger charge is -2.38. The number of hydrogen-bond acceptors (Lipinski definition) is 5. The molecule has 0 aliphatic carbocycles. The highest BCUT2D eigenvalue weighted by atomic mass is 16.5. The van der Waals surface area contributed by atoms with Crippen molar-refractivity contribution in [3.05, 3.63) is 135 Å². The molecule has 0 spiro atoms. The van der Waals surface area contributed by atoms with Gasteiger partial charge in [-0.1, -0.05) is 72.8 Å². The van der Waals surface area contributed by atoms with E-state index in [1.807, 2.05) is 84.9 Å². The number of H-pyrrole nitrogens is 1. The van der Waals surface area contributed by atoms with Gasteiger partial charge in [0.15, 0.2) is 0 Å². The van der Waals surface area contributed by atoms with Crippen LogP contribution in [0.4, 0.5) is 0 Å². The van der Waals surface area contributed by atoms with Gasteiger partial charge in [-0.25, -0.2) is 4.79 Å². The maximum absolute atomic E-state index is 13.3. The van der Waals surface area contributed by atoms with E-state index < -0.39 is 41.6 Å². The van der Waals surface area contributed by atoms with Crippen LogP contribution in [0.5, 0.6) is 5.75 Å². The normalized spacial score (nSPS) is 11.1. The Hall–Kier alpha value is -4.92. The van der Waals surface area contributed by atoms with Crippen molar-refractivity contribution in [3.8, 4) is 5.75 Å². The maximum Gasteiger partial charge on any atom is 0.328 e. The van der Waals surface area contributed by atoms with Gasteiger partial charge in [0.05, 0.1) is 7.11 Å². The molecule has 0 aliphatic heterocycles. The number of ether oxygens (including phenoxy) is 1. The minimum absolute atomic E-state index is 0.0824. The summed E-state index contributed by atoms with van der Waals surface area (Å²) in [5, 5.41) is 9.60. The number of carbonyl (C=O) groups excluding carboxylic acids is 1. The first-order valence-corrected chi connectivity index (χ1v) is 12.4. The third-order valence-electron chi connectivity index (χ3n) is 6.75. The summed E-state index contributed by atoms with van der Waals surface area (Å²) < 4.78 is 6.42. The van der Waals surface area contributed by atoms with Crippen molar-refractivity contribution >= 4 is 11.9 Å². The van der Waals surface area contributed by atoms with E-state index in [2.05, 4.69) is 4.98 Å². The van der Waals surface area contributed by atoms with Gasteiger partial charge in [0, 0.05) is 24.2 Å². The first-order valence-electron chi connectivity index (χ1n) is 12.4. The Morgan fingerprint density at radius 3 is 1.95 bits per heavy atom. The summed E-state index contributed by atoms with van der Waals surface area (Å²) in [7, 11) is 1.60. The zero-order chi connectivity index (χ0) is 27.8. The average Bonchev–Trinajstić information content (AvgIpc) is 2.95. The number of aromatic nitrogens is 2. The van der Waals surface area contributed by atoms with Crippen LogP contribution in [0.3, 0.4) is 0 Å². The number of nitrogens with zero attached hydrogens (tertiary/aromatic N) is 2. The lowest BCUT2D eigenvalue weighted by atomic mass is 9.67. The van der Waals surface area contributed by atoms with Crippen LogP contribution in [0.25, 0.3) is 0 Å². The van der Waals surface area contributed by atoms with Gasteiger partial charge < -0.3 is 14.7 Å². The zero-order valence-corrected chi connectivity index (χ0v) is 21.4. The molecule has 39 heavy (non-hydrogen) atoms. The summed E-state index contributed by atoms with van der Waals surface area (Å²) in [6.45, 7) is -0.868. The molecule has 0 atom stereocenters. The van der Waals surface area contributed by atoms with Crippen LogP contribution in [0.1, 0.15) is 23.1 Å². The molecule has 1 amide bonds. The second-order valence-electron chi connectivity index (χ2n) is 9.06. The van der Waals surface area contributed by atoms with Gasteiger partial charge >= 0.3 is 11.7 Å². The van der Waals surface area contributed by atoms with E-state index in [9.17, 15) is 24.3 Å². The predicted molar refractivity (Wildman–Crippen MR) is 146 cm³/mol. The fourth-order valence-corrected chi connectivity index (χ4v) is 4.83. The number of benzene rings is 3. The molecule has 0 fully saturated rings. The molecule has 0 saturated carbocycles. The Morgan fingerprint density at radius 2 is 1.44 bits per heavy atom. The lowest BCUT2D eigenvalue weighted by molar-refractivity contribution is -0.144. The predicted octanol–water partition coefficient (Wildman–Crippen LogP) is 2.88. The number of methoxy groups -OCH3 is 1. The molecule has 0 saturated heterocycles. The fourth-order valence-electron chi connectivity index (χ4n) is 4.83. The lowest BCUT2D eigenvalue weighted by Crippen LogP contribution is -2.43. The summed E-state index contributed by atoms with van der Waals surface area (Å²) >= 11 is 0. The average molecular weight is 528 g/mol. The van der Waals surface area contributed by atoms with Crippen molar-refractivity contribution in [1.82, 2.24) is 14.5 Å². The smallest absolute Gasteiger partial charge is 0.328 e. The highest BCUT2D eigenvalue weighted by Crippen LogP contribution is 2.42. The number of rotatable bonds is 11. The summed E-state index contributed by atoms with van der Waals surface area (Å²) in [5.74, 6) is -1.04. The van der Waals surface area contributed by atoms with Gasteiger partial charge in [0.25, 0.3) is 5.56 Å².